The summed E-state index contributed by atoms with van der Waals surface area (Å²) in [6.45, 7) is 1.91. The zero-order valence-corrected chi connectivity index (χ0v) is 12.9. The number of benzene rings is 1. The molecule has 1 unspecified atom stereocenters. The molecule has 0 saturated carbocycles. The SMILES string of the molecule is CC(Oc1ccc(Br)cc1C=O)C(=O)NCc1ccco1. The van der Waals surface area contributed by atoms with E-state index in [1.54, 1.807) is 43.5 Å². The lowest BCUT2D eigenvalue weighted by Crippen LogP contribution is -2.36. The largest absolute Gasteiger partial charge is 0.480 e. The van der Waals surface area contributed by atoms with Crippen molar-refractivity contribution in [3.8, 4) is 5.75 Å². The number of amides is 1. The number of halogens is 1. The van der Waals surface area contributed by atoms with Gasteiger partial charge in [0.2, 0.25) is 0 Å². The number of nitrogens with one attached hydrogen (secondary N) is 1. The molecule has 6 heteroatoms. The molecule has 0 spiro atoms. The third-order valence-electron chi connectivity index (χ3n) is 2.79. The molecule has 21 heavy (non-hydrogen) atoms. The highest BCUT2D eigenvalue weighted by Crippen LogP contribution is 2.22. The standard InChI is InChI=1S/C15H14BrNO4/c1-10(15(19)17-8-13-3-2-6-20-13)21-14-5-4-12(16)7-11(14)9-18/h2-7,9-10H,8H2,1H3,(H,17,19). The maximum Gasteiger partial charge on any atom is 0.261 e. The first kappa shape index (κ1) is 15.3. The van der Waals surface area contributed by atoms with Gasteiger partial charge in [-0.25, -0.2) is 0 Å². The second-order valence-corrected chi connectivity index (χ2v) is 5.27. The smallest absolute Gasteiger partial charge is 0.261 e. The van der Waals surface area contributed by atoms with Crippen molar-refractivity contribution < 1.29 is 18.7 Å². The minimum absolute atomic E-state index is 0.286. The predicted molar refractivity (Wildman–Crippen MR) is 80.2 cm³/mol. The van der Waals surface area contributed by atoms with Crippen LogP contribution in [0.3, 0.4) is 0 Å². The van der Waals surface area contributed by atoms with E-state index in [0.717, 1.165) is 4.47 Å². The van der Waals surface area contributed by atoms with E-state index in [1.807, 2.05) is 0 Å². The molecule has 0 aliphatic heterocycles. The highest BCUT2D eigenvalue weighted by molar-refractivity contribution is 9.10. The number of ether oxygens (including phenoxy) is 1. The van der Waals surface area contributed by atoms with Gasteiger partial charge in [-0.15, -0.1) is 0 Å². The van der Waals surface area contributed by atoms with Crippen LogP contribution in [0.1, 0.15) is 23.0 Å². The summed E-state index contributed by atoms with van der Waals surface area (Å²) in [4.78, 5) is 22.9. The third kappa shape index (κ3) is 4.19. The lowest BCUT2D eigenvalue weighted by molar-refractivity contribution is -0.127. The van der Waals surface area contributed by atoms with Crippen molar-refractivity contribution >= 4 is 28.1 Å². The van der Waals surface area contributed by atoms with E-state index >= 15 is 0 Å². The fraction of sp³-hybridized carbons (Fsp3) is 0.200. The van der Waals surface area contributed by atoms with Crippen molar-refractivity contribution in [1.82, 2.24) is 5.32 Å². The predicted octanol–water partition coefficient (Wildman–Crippen LogP) is 2.94. The van der Waals surface area contributed by atoms with Crippen LogP contribution in [0.25, 0.3) is 0 Å². The molecule has 5 nitrogen and oxygen atoms in total. The van der Waals surface area contributed by atoms with E-state index in [1.165, 1.54) is 0 Å². The van der Waals surface area contributed by atoms with Crippen LogP contribution in [-0.4, -0.2) is 18.3 Å². The Morgan fingerprint density at radius 3 is 2.95 bits per heavy atom. The van der Waals surface area contributed by atoms with Crippen molar-refractivity contribution in [2.24, 2.45) is 0 Å². The first-order chi connectivity index (χ1) is 10.1. The van der Waals surface area contributed by atoms with Gasteiger partial charge in [0.05, 0.1) is 18.4 Å². The Morgan fingerprint density at radius 2 is 2.29 bits per heavy atom. The Kier molecular flexibility index (Phi) is 5.16. The second kappa shape index (κ2) is 7.08. The summed E-state index contributed by atoms with van der Waals surface area (Å²) in [6, 6.07) is 8.54. The van der Waals surface area contributed by atoms with Gasteiger partial charge in [-0.05, 0) is 37.3 Å². The van der Waals surface area contributed by atoms with Crippen molar-refractivity contribution in [1.29, 1.82) is 0 Å². The summed E-state index contributed by atoms with van der Waals surface area (Å²) in [7, 11) is 0. The summed E-state index contributed by atoms with van der Waals surface area (Å²) in [5.74, 6) is 0.743. The van der Waals surface area contributed by atoms with Crippen molar-refractivity contribution in [3.63, 3.8) is 0 Å². The Hall–Kier alpha value is -2.08. The quantitative estimate of drug-likeness (QED) is 0.812. The lowest BCUT2D eigenvalue weighted by atomic mass is 10.2. The van der Waals surface area contributed by atoms with Gasteiger partial charge in [0, 0.05) is 4.47 Å². The average molecular weight is 352 g/mol. The van der Waals surface area contributed by atoms with Crippen LogP contribution in [0.2, 0.25) is 0 Å². The minimum Gasteiger partial charge on any atom is -0.480 e. The van der Waals surface area contributed by atoms with E-state index in [-0.39, 0.29) is 5.91 Å². The van der Waals surface area contributed by atoms with Crippen LogP contribution in [0.5, 0.6) is 5.75 Å². The number of furan rings is 1. The van der Waals surface area contributed by atoms with E-state index in [2.05, 4.69) is 21.2 Å². The molecule has 0 aliphatic rings. The van der Waals surface area contributed by atoms with Crippen molar-refractivity contribution in [3.05, 3.63) is 52.4 Å². The molecule has 0 fully saturated rings. The number of hydrogen-bond donors (Lipinski definition) is 1. The summed E-state index contributed by atoms with van der Waals surface area (Å²) >= 11 is 3.28. The van der Waals surface area contributed by atoms with E-state index < -0.39 is 6.10 Å². The van der Waals surface area contributed by atoms with Crippen LogP contribution >= 0.6 is 15.9 Å². The molecule has 0 radical (unpaired) electrons. The normalized spacial score (nSPS) is 11.7. The van der Waals surface area contributed by atoms with Gasteiger partial charge in [0.1, 0.15) is 11.5 Å². The van der Waals surface area contributed by atoms with Gasteiger partial charge in [-0.2, -0.15) is 0 Å². The van der Waals surface area contributed by atoms with Gasteiger partial charge in [-0.3, -0.25) is 9.59 Å². The Morgan fingerprint density at radius 1 is 1.48 bits per heavy atom. The molecule has 1 aromatic carbocycles. The third-order valence-corrected chi connectivity index (χ3v) is 3.28. The summed E-state index contributed by atoms with van der Waals surface area (Å²) in [5.41, 5.74) is 0.384. The van der Waals surface area contributed by atoms with E-state index in [9.17, 15) is 9.59 Å². The first-order valence-electron chi connectivity index (χ1n) is 6.31. The molecule has 1 N–H and O–H groups in total. The molecule has 0 bridgehead atoms. The monoisotopic (exact) mass is 351 g/mol. The number of carbonyl (C=O) groups excluding carboxylic acids is 2. The van der Waals surface area contributed by atoms with Crippen LogP contribution < -0.4 is 10.1 Å². The van der Waals surface area contributed by atoms with Gasteiger partial charge in [-0.1, -0.05) is 15.9 Å². The summed E-state index contributed by atoms with van der Waals surface area (Å²) < 4.78 is 11.4. The molecule has 110 valence electrons. The Balaban J connectivity index is 1.95. The second-order valence-electron chi connectivity index (χ2n) is 4.36. The molecule has 1 aromatic heterocycles. The Labute approximate surface area is 130 Å². The van der Waals surface area contributed by atoms with Gasteiger partial charge in [0.25, 0.3) is 5.91 Å². The first-order valence-corrected chi connectivity index (χ1v) is 7.11. The van der Waals surface area contributed by atoms with E-state index in [0.29, 0.717) is 29.9 Å². The lowest BCUT2D eigenvalue weighted by Gasteiger charge is -2.15. The molecule has 2 rings (SSSR count). The van der Waals surface area contributed by atoms with Crippen molar-refractivity contribution in [2.45, 2.75) is 19.6 Å². The highest BCUT2D eigenvalue weighted by atomic mass is 79.9. The minimum atomic E-state index is -0.722. The van der Waals surface area contributed by atoms with Crippen molar-refractivity contribution in [2.75, 3.05) is 0 Å². The van der Waals surface area contributed by atoms with Gasteiger partial charge < -0.3 is 14.5 Å². The molecular formula is C15H14BrNO4. The fourth-order valence-corrected chi connectivity index (χ4v) is 2.07. The topological polar surface area (TPSA) is 68.5 Å². The number of aldehydes is 1. The van der Waals surface area contributed by atoms with Crippen LogP contribution in [0.4, 0.5) is 0 Å². The molecule has 1 amide bonds. The maximum atomic E-state index is 11.9. The van der Waals surface area contributed by atoms with Crippen LogP contribution in [-0.2, 0) is 11.3 Å². The molecule has 0 saturated heterocycles. The Bertz CT molecular complexity index is 625. The van der Waals surface area contributed by atoms with Crippen LogP contribution in [0, 0.1) is 0 Å². The van der Waals surface area contributed by atoms with E-state index in [4.69, 9.17) is 9.15 Å². The zero-order chi connectivity index (χ0) is 15.2. The molecule has 1 atom stereocenters. The van der Waals surface area contributed by atoms with Crippen LogP contribution in [0.15, 0.2) is 45.5 Å². The molecule has 1 heterocycles. The summed E-state index contributed by atoms with van der Waals surface area (Å²) in [5, 5.41) is 2.70. The fourth-order valence-electron chi connectivity index (χ4n) is 1.69. The number of hydrogen-bond acceptors (Lipinski definition) is 4. The molecular weight excluding hydrogens is 338 g/mol. The number of rotatable bonds is 6. The highest BCUT2D eigenvalue weighted by Gasteiger charge is 2.16. The zero-order valence-electron chi connectivity index (χ0n) is 11.3. The average Bonchev–Trinajstić information content (AvgIpc) is 2.99. The van der Waals surface area contributed by atoms with Gasteiger partial charge in [0.15, 0.2) is 12.4 Å². The summed E-state index contributed by atoms with van der Waals surface area (Å²) in [6.07, 6.45) is 1.51. The molecule has 2 aromatic rings. The van der Waals surface area contributed by atoms with Gasteiger partial charge >= 0.3 is 0 Å². The maximum absolute atomic E-state index is 11.9. The number of carbonyl (C=O) groups is 2. The molecule has 0 aliphatic carbocycles.